The Hall–Kier alpha value is -2.18. The van der Waals surface area contributed by atoms with Crippen molar-refractivity contribution in [3.63, 3.8) is 0 Å². The molecule has 24 heavy (non-hydrogen) atoms. The summed E-state index contributed by atoms with van der Waals surface area (Å²) < 4.78 is 0. The molecule has 1 aliphatic heterocycles. The number of benzene rings is 1. The molecule has 0 radical (unpaired) electrons. The molecule has 1 aromatic heterocycles. The minimum absolute atomic E-state index is 0.182. The Morgan fingerprint density at radius 3 is 2.50 bits per heavy atom. The van der Waals surface area contributed by atoms with Crippen molar-refractivity contribution >= 4 is 46.3 Å². The van der Waals surface area contributed by atoms with Gasteiger partial charge in [0.2, 0.25) is 5.91 Å². The highest BCUT2D eigenvalue weighted by Gasteiger charge is 2.19. The van der Waals surface area contributed by atoms with Crippen molar-refractivity contribution in [2.24, 2.45) is 0 Å². The van der Waals surface area contributed by atoms with Gasteiger partial charge in [-0.25, -0.2) is 0 Å². The second-order valence-corrected chi connectivity index (χ2v) is 6.82. The third-order valence-corrected chi connectivity index (χ3v) is 5.06. The van der Waals surface area contributed by atoms with E-state index >= 15 is 0 Å². The summed E-state index contributed by atoms with van der Waals surface area (Å²) in [6.45, 7) is 3.40. The predicted molar refractivity (Wildman–Crippen MR) is 104 cm³/mol. The molecule has 0 atom stereocenters. The number of piperazine rings is 1. The van der Waals surface area contributed by atoms with E-state index in [4.69, 9.17) is 12.2 Å². The monoisotopic (exact) mass is 357 g/mol. The van der Waals surface area contributed by atoms with Crippen LogP contribution in [0.5, 0.6) is 0 Å². The molecule has 0 spiro atoms. The zero-order valence-electron chi connectivity index (χ0n) is 13.2. The number of nitrogens with zero attached hydrogens (tertiary/aromatic N) is 2. The molecular formula is C18H19N3OS2. The molecule has 124 valence electrons. The SMILES string of the molecule is O=C(/C=C/c1cccs1)NC(=S)N1CCN(c2ccccc2)CC1. The van der Waals surface area contributed by atoms with Crippen molar-refractivity contribution in [3.05, 3.63) is 58.8 Å². The van der Waals surface area contributed by atoms with Crippen LogP contribution in [0, 0.1) is 0 Å². The normalized spacial score (nSPS) is 14.8. The molecule has 1 fully saturated rings. The summed E-state index contributed by atoms with van der Waals surface area (Å²) in [4.78, 5) is 17.4. The molecule has 0 aliphatic carbocycles. The lowest BCUT2D eigenvalue weighted by Crippen LogP contribution is -2.52. The number of rotatable bonds is 3. The number of anilines is 1. The van der Waals surface area contributed by atoms with Crippen LogP contribution in [0.2, 0.25) is 0 Å². The number of carbonyl (C=O) groups excluding carboxylic acids is 1. The number of amides is 1. The second kappa shape index (κ2) is 8.08. The van der Waals surface area contributed by atoms with Crippen LogP contribution in [0.4, 0.5) is 5.69 Å². The van der Waals surface area contributed by atoms with Gasteiger partial charge in [-0.1, -0.05) is 24.3 Å². The Balaban J connectivity index is 1.47. The van der Waals surface area contributed by atoms with Crippen molar-refractivity contribution in [2.45, 2.75) is 0 Å². The fraction of sp³-hybridized carbons (Fsp3) is 0.222. The molecule has 3 rings (SSSR count). The van der Waals surface area contributed by atoms with Crippen LogP contribution in [-0.2, 0) is 4.79 Å². The average molecular weight is 358 g/mol. The smallest absolute Gasteiger partial charge is 0.250 e. The molecule has 1 N–H and O–H groups in total. The summed E-state index contributed by atoms with van der Waals surface area (Å²) in [7, 11) is 0. The average Bonchev–Trinajstić information content (AvgIpc) is 3.14. The van der Waals surface area contributed by atoms with Crippen molar-refractivity contribution < 1.29 is 4.79 Å². The summed E-state index contributed by atoms with van der Waals surface area (Å²) in [6.07, 6.45) is 3.33. The Kier molecular flexibility index (Phi) is 5.61. The first kappa shape index (κ1) is 16.7. The number of para-hydroxylation sites is 1. The van der Waals surface area contributed by atoms with E-state index in [9.17, 15) is 4.79 Å². The van der Waals surface area contributed by atoms with E-state index < -0.39 is 0 Å². The molecule has 0 bridgehead atoms. The molecule has 1 aliphatic rings. The highest BCUT2D eigenvalue weighted by Crippen LogP contribution is 2.15. The first-order valence-electron chi connectivity index (χ1n) is 7.84. The van der Waals surface area contributed by atoms with Gasteiger partial charge in [0.15, 0.2) is 5.11 Å². The Labute approximate surface area is 151 Å². The third kappa shape index (κ3) is 4.43. The third-order valence-electron chi connectivity index (χ3n) is 3.86. The zero-order valence-corrected chi connectivity index (χ0v) is 14.9. The maximum absolute atomic E-state index is 12.0. The summed E-state index contributed by atoms with van der Waals surface area (Å²) in [5.41, 5.74) is 1.23. The topological polar surface area (TPSA) is 35.6 Å². The minimum atomic E-state index is -0.182. The van der Waals surface area contributed by atoms with Gasteiger partial charge >= 0.3 is 0 Å². The Bertz CT molecular complexity index is 705. The van der Waals surface area contributed by atoms with Crippen LogP contribution in [0.25, 0.3) is 6.08 Å². The van der Waals surface area contributed by atoms with Crippen molar-refractivity contribution in [3.8, 4) is 0 Å². The van der Waals surface area contributed by atoms with Crippen LogP contribution >= 0.6 is 23.6 Å². The van der Waals surface area contributed by atoms with Crippen LogP contribution < -0.4 is 10.2 Å². The molecule has 2 heterocycles. The van der Waals surface area contributed by atoms with Gasteiger partial charge in [0.1, 0.15) is 0 Å². The van der Waals surface area contributed by atoms with Gasteiger partial charge in [0.25, 0.3) is 0 Å². The maximum Gasteiger partial charge on any atom is 0.250 e. The molecule has 1 amide bonds. The summed E-state index contributed by atoms with van der Waals surface area (Å²) in [5.74, 6) is -0.182. The van der Waals surface area contributed by atoms with Gasteiger partial charge in [-0.3, -0.25) is 10.1 Å². The van der Waals surface area contributed by atoms with E-state index in [1.165, 1.54) is 11.8 Å². The van der Waals surface area contributed by atoms with Gasteiger partial charge in [-0.05, 0) is 41.9 Å². The fourth-order valence-corrected chi connectivity index (χ4v) is 3.48. The molecule has 4 nitrogen and oxygen atoms in total. The first-order chi connectivity index (χ1) is 11.7. The number of thiophene rings is 1. The number of carbonyl (C=O) groups is 1. The number of hydrogen-bond acceptors (Lipinski definition) is 4. The molecule has 1 saturated heterocycles. The van der Waals surface area contributed by atoms with E-state index in [2.05, 4.69) is 22.3 Å². The lowest BCUT2D eigenvalue weighted by atomic mass is 10.2. The van der Waals surface area contributed by atoms with Crippen LogP contribution in [0.1, 0.15) is 4.88 Å². The van der Waals surface area contributed by atoms with Crippen molar-refractivity contribution in [1.82, 2.24) is 10.2 Å². The van der Waals surface area contributed by atoms with E-state index in [0.29, 0.717) is 5.11 Å². The number of thiocarbonyl (C=S) groups is 1. The van der Waals surface area contributed by atoms with E-state index in [1.807, 2.05) is 40.6 Å². The molecular weight excluding hydrogens is 338 g/mol. The summed E-state index contributed by atoms with van der Waals surface area (Å²) >= 11 is 6.96. The standard InChI is InChI=1S/C18H19N3OS2/c22-17(9-8-16-7-4-14-24-16)19-18(23)21-12-10-20(11-13-21)15-5-2-1-3-6-15/h1-9,14H,10-13H2,(H,19,22,23)/b9-8+. The molecule has 0 saturated carbocycles. The van der Waals surface area contributed by atoms with E-state index in [-0.39, 0.29) is 5.91 Å². The van der Waals surface area contributed by atoms with Crippen molar-refractivity contribution in [1.29, 1.82) is 0 Å². The van der Waals surface area contributed by atoms with Gasteiger partial charge < -0.3 is 9.80 Å². The molecule has 1 aromatic carbocycles. The van der Waals surface area contributed by atoms with Gasteiger partial charge in [0, 0.05) is 42.8 Å². The zero-order chi connectivity index (χ0) is 16.8. The largest absolute Gasteiger partial charge is 0.368 e. The second-order valence-electron chi connectivity index (χ2n) is 5.45. The van der Waals surface area contributed by atoms with Crippen molar-refractivity contribution in [2.75, 3.05) is 31.1 Å². The lowest BCUT2D eigenvalue weighted by Gasteiger charge is -2.37. The van der Waals surface area contributed by atoms with Gasteiger partial charge in [-0.15, -0.1) is 11.3 Å². The molecule has 2 aromatic rings. The predicted octanol–water partition coefficient (Wildman–Crippen LogP) is 2.98. The van der Waals surface area contributed by atoms with Crippen LogP contribution in [-0.4, -0.2) is 42.1 Å². The first-order valence-corrected chi connectivity index (χ1v) is 9.12. The quantitative estimate of drug-likeness (QED) is 0.677. The minimum Gasteiger partial charge on any atom is -0.368 e. The van der Waals surface area contributed by atoms with Gasteiger partial charge in [0.05, 0.1) is 0 Å². The fourth-order valence-electron chi connectivity index (χ4n) is 2.58. The molecule has 0 unspecified atom stereocenters. The highest BCUT2D eigenvalue weighted by atomic mass is 32.1. The number of hydrogen-bond donors (Lipinski definition) is 1. The maximum atomic E-state index is 12.0. The van der Waals surface area contributed by atoms with E-state index in [1.54, 1.807) is 17.4 Å². The Morgan fingerprint density at radius 1 is 1.08 bits per heavy atom. The van der Waals surface area contributed by atoms with E-state index in [0.717, 1.165) is 31.1 Å². The number of nitrogens with one attached hydrogen (secondary N) is 1. The highest BCUT2D eigenvalue weighted by molar-refractivity contribution is 7.80. The summed E-state index contributed by atoms with van der Waals surface area (Å²) in [6, 6.07) is 14.3. The van der Waals surface area contributed by atoms with Gasteiger partial charge in [-0.2, -0.15) is 0 Å². The lowest BCUT2D eigenvalue weighted by molar-refractivity contribution is -0.115. The Morgan fingerprint density at radius 2 is 1.83 bits per heavy atom. The van der Waals surface area contributed by atoms with Crippen LogP contribution in [0.3, 0.4) is 0 Å². The summed E-state index contributed by atoms with van der Waals surface area (Å²) in [5, 5.41) is 5.27. The molecule has 6 heteroatoms. The van der Waals surface area contributed by atoms with Crippen LogP contribution in [0.15, 0.2) is 53.9 Å².